The van der Waals surface area contributed by atoms with Crippen LogP contribution >= 0.6 is 0 Å². The molecule has 3 rings (SSSR count). The van der Waals surface area contributed by atoms with Crippen LogP contribution in [-0.4, -0.2) is 39.9 Å². The predicted molar refractivity (Wildman–Crippen MR) is 87.5 cm³/mol. The SMILES string of the molecule is COC(=O)c1ccn(-c2nc(-c3ccc(OC)cc3)cc(C(F)(F)F)n2)n1. The predicted octanol–water partition coefficient (Wildman–Crippen LogP) is 3.14. The second-order valence-electron chi connectivity index (χ2n) is 5.30. The number of benzene rings is 1. The van der Waals surface area contributed by atoms with Crippen LogP contribution in [0.25, 0.3) is 17.2 Å². The summed E-state index contributed by atoms with van der Waals surface area (Å²) in [5, 5.41) is 3.87. The normalized spacial score (nSPS) is 11.3. The van der Waals surface area contributed by atoms with E-state index in [0.717, 1.165) is 10.7 Å². The minimum absolute atomic E-state index is 0.0464. The number of rotatable bonds is 4. The maximum absolute atomic E-state index is 13.3. The van der Waals surface area contributed by atoms with Gasteiger partial charge in [-0.15, -0.1) is 0 Å². The van der Waals surface area contributed by atoms with Crippen LogP contribution in [0.15, 0.2) is 42.6 Å². The highest BCUT2D eigenvalue weighted by Crippen LogP contribution is 2.31. The minimum atomic E-state index is -4.68. The van der Waals surface area contributed by atoms with Gasteiger partial charge in [-0.2, -0.15) is 18.3 Å². The second kappa shape index (κ2) is 7.06. The average Bonchev–Trinajstić information content (AvgIpc) is 3.16. The summed E-state index contributed by atoms with van der Waals surface area (Å²) in [6, 6.07) is 8.50. The first-order valence-corrected chi connectivity index (χ1v) is 7.57. The van der Waals surface area contributed by atoms with E-state index in [2.05, 4.69) is 19.8 Å². The molecule has 0 spiro atoms. The molecule has 0 aliphatic carbocycles. The van der Waals surface area contributed by atoms with Gasteiger partial charge in [-0.05, 0) is 36.4 Å². The Labute approximate surface area is 151 Å². The van der Waals surface area contributed by atoms with Gasteiger partial charge in [0, 0.05) is 11.8 Å². The summed E-state index contributed by atoms with van der Waals surface area (Å²) < 4.78 is 50.4. The summed E-state index contributed by atoms with van der Waals surface area (Å²) in [4.78, 5) is 19.2. The lowest BCUT2D eigenvalue weighted by Gasteiger charge is -2.11. The largest absolute Gasteiger partial charge is 0.497 e. The molecule has 7 nitrogen and oxygen atoms in total. The number of carbonyl (C=O) groups is 1. The number of methoxy groups -OCH3 is 2. The van der Waals surface area contributed by atoms with E-state index >= 15 is 0 Å². The number of ether oxygens (including phenoxy) is 2. The first kappa shape index (κ1) is 18.4. The lowest BCUT2D eigenvalue weighted by atomic mass is 10.1. The van der Waals surface area contributed by atoms with E-state index in [9.17, 15) is 18.0 Å². The van der Waals surface area contributed by atoms with Gasteiger partial charge in [-0.3, -0.25) is 0 Å². The zero-order valence-corrected chi connectivity index (χ0v) is 14.2. The van der Waals surface area contributed by atoms with Gasteiger partial charge in [0.1, 0.15) is 5.75 Å². The van der Waals surface area contributed by atoms with Crippen molar-refractivity contribution in [1.29, 1.82) is 0 Å². The minimum Gasteiger partial charge on any atom is -0.497 e. The molecule has 0 fully saturated rings. The van der Waals surface area contributed by atoms with Crippen molar-refractivity contribution in [3.05, 3.63) is 54.0 Å². The van der Waals surface area contributed by atoms with Gasteiger partial charge in [-0.1, -0.05) is 0 Å². The van der Waals surface area contributed by atoms with Crippen molar-refractivity contribution < 1.29 is 27.4 Å². The number of halogens is 3. The summed E-state index contributed by atoms with van der Waals surface area (Å²) in [7, 11) is 2.65. The fourth-order valence-electron chi connectivity index (χ4n) is 2.24. The Bertz CT molecular complexity index is 968. The van der Waals surface area contributed by atoms with Gasteiger partial charge in [-0.25, -0.2) is 19.4 Å². The zero-order valence-electron chi connectivity index (χ0n) is 14.2. The van der Waals surface area contributed by atoms with Crippen molar-refractivity contribution in [1.82, 2.24) is 19.7 Å². The van der Waals surface area contributed by atoms with Gasteiger partial charge in [0.05, 0.1) is 19.9 Å². The Morgan fingerprint density at radius 2 is 1.78 bits per heavy atom. The lowest BCUT2D eigenvalue weighted by Crippen LogP contribution is -2.13. The van der Waals surface area contributed by atoms with E-state index in [1.807, 2.05) is 0 Å². The first-order chi connectivity index (χ1) is 12.8. The Hall–Kier alpha value is -3.43. The van der Waals surface area contributed by atoms with E-state index in [1.165, 1.54) is 26.5 Å². The number of hydrogen-bond donors (Lipinski definition) is 0. The molecule has 27 heavy (non-hydrogen) atoms. The topological polar surface area (TPSA) is 79.1 Å². The molecular weight excluding hydrogens is 365 g/mol. The van der Waals surface area contributed by atoms with E-state index in [0.29, 0.717) is 11.3 Å². The summed E-state index contributed by atoms with van der Waals surface area (Å²) in [6.07, 6.45) is -3.41. The molecule has 0 bridgehead atoms. The molecule has 0 amide bonds. The van der Waals surface area contributed by atoms with Crippen LogP contribution in [0.4, 0.5) is 13.2 Å². The number of aromatic nitrogens is 4. The number of alkyl halides is 3. The van der Waals surface area contributed by atoms with E-state index in [1.54, 1.807) is 24.3 Å². The molecule has 0 radical (unpaired) electrons. The van der Waals surface area contributed by atoms with Crippen LogP contribution in [0.1, 0.15) is 16.2 Å². The lowest BCUT2D eigenvalue weighted by molar-refractivity contribution is -0.141. The molecule has 3 aromatic rings. The molecule has 0 N–H and O–H groups in total. The third-order valence-electron chi connectivity index (χ3n) is 3.58. The Morgan fingerprint density at radius 1 is 1.07 bits per heavy atom. The van der Waals surface area contributed by atoms with Crippen molar-refractivity contribution in [3.8, 4) is 23.0 Å². The number of nitrogens with zero attached hydrogens (tertiary/aromatic N) is 4. The zero-order chi connectivity index (χ0) is 19.6. The third-order valence-corrected chi connectivity index (χ3v) is 3.58. The maximum Gasteiger partial charge on any atom is 0.433 e. The highest BCUT2D eigenvalue weighted by molar-refractivity contribution is 5.86. The van der Waals surface area contributed by atoms with Crippen LogP contribution in [-0.2, 0) is 10.9 Å². The summed E-state index contributed by atoms with van der Waals surface area (Å²) in [6.45, 7) is 0. The van der Waals surface area contributed by atoms with Crippen LogP contribution in [0, 0.1) is 0 Å². The number of esters is 1. The van der Waals surface area contributed by atoms with Crippen molar-refractivity contribution in [2.24, 2.45) is 0 Å². The quantitative estimate of drug-likeness (QED) is 0.649. The van der Waals surface area contributed by atoms with Gasteiger partial charge in [0.15, 0.2) is 11.4 Å². The molecule has 0 atom stereocenters. The summed E-state index contributed by atoms with van der Waals surface area (Å²) in [5.74, 6) is -0.499. The van der Waals surface area contributed by atoms with Gasteiger partial charge < -0.3 is 9.47 Å². The maximum atomic E-state index is 13.3. The molecule has 0 aliphatic heterocycles. The molecule has 2 heterocycles. The number of carbonyl (C=O) groups excluding carboxylic acids is 1. The van der Waals surface area contributed by atoms with Crippen molar-refractivity contribution >= 4 is 5.97 Å². The molecule has 10 heteroatoms. The average molecular weight is 378 g/mol. The van der Waals surface area contributed by atoms with E-state index in [4.69, 9.17) is 4.74 Å². The summed E-state index contributed by atoms with van der Waals surface area (Å²) in [5.41, 5.74) is -0.728. The van der Waals surface area contributed by atoms with Crippen LogP contribution in [0.5, 0.6) is 5.75 Å². The van der Waals surface area contributed by atoms with Crippen molar-refractivity contribution in [2.75, 3.05) is 14.2 Å². The number of hydrogen-bond acceptors (Lipinski definition) is 6. The van der Waals surface area contributed by atoms with Crippen LogP contribution in [0.2, 0.25) is 0 Å². The fourth-order valence-corrected chi connectivity index (χ4v) is 2.24. The Kier molecular flexibility index (Phi) is 4.80. The molecule has 0 saturated carbocycles. The standard InChI is InChI=1S/C17H13F3N4O3/c1-26-11-5-3-10(4-6-11)13-9-14(17(18,19)20)22-16(21-13)24-8-7-12(23-24)15(25)27-2/h3-9H,1-2H3. The van der Waals surface area contributed by atoms with Gasteiger partial charge in [0.2, 0.25) is 0 Å². The van der Waals surface area contributed by atoms with Crippen LogP contribution in [0.3, 0.4) is 0 Å². The van der Waals surface area contributed by atoms with Crippen LogP contribution < -0.4 is 4.74 Å². The highest BCUT2D eigenvalue weighted by Gasteiger charge is 2.34. The second-order valence-corrected chi connectivity index (χ2v) is 5.30. The Morgan fingerprint density at radius 3 is 2.37 bits per heavy atom. The monoisotopic (exact) mass is 378 g/mol. The molecule has 0 saturated heterocycles. The molecule has 2 aromatic heterocycles. The third kappa shape index (κ3) is 3.89. The van der Waals surface area contributed by atoms with E-state index < -0.39 is 17.8 Å². The molecular formula is C17H13F3N4O3. The molecule has 140 valence electrons. The fraction of sp³-hybridized carbons (Fsp3) is 0.176. The highest BCUT2D eigenvalue weighted by atomic mass is 19.4. The molecule has 0 aliphatic rings. The van der Waals surface area contributed by atoms with E-state index in [-0.39, 0.29) is 17.3 Å². The smallest absolute Gasteiger partial charge is 0.433 e. The van der Waals surface area contributed by atoms with Crippen molar-refractivity contribution in [2.45, 2.75) is 6.18 Å². The first-order valence-electron chi connectivity index (χ1n) is 7.57. The molecule has 1 aromatic carbocycles. The van der Waals surface area contributed by atoms with Gasteiger partial charge >= 0.3 is 12.1 Å². The Balaban J connectivity index is 2.10. The van der Waals surface area contributed by atoms with Gasteiger partial charge in [0.25, 0.3) is 5.95 Å². The van der Waals surface area contributed by atoms with Crippen molar-refractivity contribution in [3.63, 3.8) is 0 Å². The summed E-state index contributed by atoms with van der Waals surface area (Å²) >= 11 is 0. The molecule has 0 unspecified atom stereocenters.